The Labute approximate surface area is 191 Å². The number of imidazole rings is 1. The zero-order valence-electron chi connectivity index (χ0n) is 20.1. The Bertz CT molecular complexity index is 1050. The summed E-state index contributed by atoms with van der Waals surface area (Å²) in [5.74, 6) is 3.21. The number of ether oxygens (including phenoxy) is 2. The Hall–Kier alpha value is -3.02. The number of aromatic nitrogens is 2. The molecule has 2 aromatic carbocycles. The van der Waals surface area contributed by atoms with Gasteiger partial charge in [-0.3, -0.25) is 4.79 Å². The van der Waals surface area contributed by atoms with Gasteiger partial charge in [0.25, 0.3) is 0 Å². The monoisotopic (exact) mass is 437 g/mol. The van der Waals surface area contributed by atoms with Gasteiger partial charge in [0, 0.05) is 19.5 Å². The summed E-state index contributed by atoms with van der Waals surface area (Å²) in [5, 5.41) is 0. The van der Waals surface area contributed by atoms with Gasteiger partial charge in [0.1, 0.15) is 12.4 Å². The molecular weight excluding hydrogens is 402 g/mol. The van der Waals surface area contributed by atoms with Gasteiger partial charge < -0.3 is 18.9 Å². The number of methoxy groups -OCH3 is 2. The smallest absolute Gasteiger partial charge is 0.242 e. The molecule has 0 atom stereocenters. The van der Waals surface area contributed by atoms with Crippen molar-refractivity contribution in [2.24, 2.45) is 11.8 Å². The van der Waals surface area contributed by atoms with Crippen LogP contribution in [0, 0.1) is 11.8 Å². The van der Waals surface area contributed by atoms with Crippen LogP contribution in [0.5, 0.6) is 11.5 Å². The van der Waals surface area contributed by atoms with Crippen molar-refractivity contribution in [1.29, 1.82) is 0 Å². The number of para-hydroxylation sites is 2. The number of hydrogen-bond acceptors (Lipinski definition) is 4. The maximum atomic E-state index is 13.4. The fourth-order valence-corrected chi connectivity index (χ4v) is 4.00. The van der Waals surface area contributed by atoms with E-state index in [0.717, 1.165) is 35.5 Å². The number of hydrogen-bond donors (Lipinski definition) is 0. The molecule has 6 nitrogen and oxygen atoms in total. The van der Waals surface area contributed by atoms with Crippen LogP contribution in [-0.2, 0) is 17.8 Å². The average Bonchev–Trinajstić information content (AvgIpc) is 3.09. The van der Waals surface area contributed by atoms with Gasteiger partial charge in [-0.05, 0) is 41.7 Å². The number of carbonyl (C=O) groups is 1. The molecule has 0 aliphatic carbocycles. The van der Waals surface area contributed by atoms with Crippen LogP contribution in [0.1, 0.15) is 39.1 Å². The van der Waals surface area contributed by atoms with E-state index in [0.29, 0.717) is 29.8 Å². The molecule has 0 unspecified atom stereocenters. The van der Waals surface area contributed by atoms with Gasteiger partial charge in [-0.15, -0.1) is 0 Å². The summed E-state index contributed by atoms with van der Waals surface area (Å²) in [6, 6.07) is 13.9. The van der Waals surface area contributed by atoms with Gasteiger partial charge in [-0.25, -0.2) is 4.98 Å². The molecule has 0 saturated carbocycles. The largest absolute Gasteiger partial charge is 0.493 e. The summed E-state index contributed by atoms with van der Waals surface area (Å²) in [6.07, 6.45) is 0.594. The van der Waals surface area contributed by atoms with E-state index in [2.05, 4.69) is 32.3 Å². The molecule has 32 heavy (non-hydrogen) atoms. The van der Waals surface area contributed by atoms with E-state index >= 15 is 0 Å². The maximum Gasteiger partial charge on any atom is 0.242 e. The predicted molar refractivity (Wildman–Crippen MR) is 128 cm³/mol. The first-order chi connectivity index (χ1) is 15.3. The molecule has 1 aromatic heterocycles. The third-order valence-electron chi connectivity index (χ3n) is 5.36. The van der Waals surface area contributed by atoms with Crippen LogP contribution < -0.4 is 9.47 Å². The lowest BCUT2D eigenvalue weighted by Gasteiger charge is -2.27. The maximum absolute atomic E-state index is 13.4. The zero-order valence-corrected chi connectivity index (χ0v) is 20.1. The van der Waals surface area contributed by atoms with E-state index in [1.54, 1.807) is 14.2 Å². The molecular formula is C26H35N3O3. The third kappa shape index (κ3) is 5.61. The van der Waals surface area contributed by atoms with Crippen molar-refractivity contribution in [3.8, 4) is 11.5 Å². The summed E-state index contributed by atoms with van der Waals surface area (Å²) >= 11 is 0. The Morgan fingerprint density at radius 2 is 1.62 bits per heavy atom. The molecule has 0 radical (unpaired) electrons. The fraction of sp³-hybridized carbons (Fsp3) is 0.462. The number of amides is 1. The van der Waals surface area contributed by atoms with Gasteiger partial charge in [-0.2, -0.15) is 0 Å². The van der Waals surface area contributed by atoms with Crippen molar-refractivity contribution in [1.82, 2.24) is 14.5 Å². The van der Waals surface area contributed by atoms with Crippen LogP contribution >= 0.6 is 0 Å². The van der Waals surface area contributed by atoms with Crippen molar-refractivity contribution in [2.45, 2.75) is 40.7 Å². The van der Waals surface area contributed by atoms with Gasteiger partial charge in [-0.1, -0.05) is 45.9 Å². The first-order valence-corrected chi connectivity index (χ1v) is 11.2. The van der Waals surface area contributed by atoms with Crippen LogP contribution in [0.25, 0.3) is 11.0 Å². The minimum atomic E-state index is 0.129. The molecule has 0 N–H and O–H groups in total. The number of carbonyl (C=O) groups excluding carboxylic acids is 1. The summed E-state index contributed by atoms with van der Waals surface area (Å²) in [7, 11) is 3.26. The highest BCUT2D eigenvalue weighted by atomic mass is 16.5. The Kier molecular flexibility index (Phi) is 7.78. The SMILES string of the molecule is COc1ccc(Cc2nc3ccccc3n2CC(=O)N(CC(C)C)CC(C)C)cc1OC. The lowest BCUT2D eigenvalue weighted by molar-refractivity contribution is -0.132. The lowest BCUT2D eigenvalue weighted by Crippen LogP contribution is -2.39. The number of fused-ring (bicyclic) bond motifs is 1. The molecule has 3 rings (SSSR count). The van der Waals surface area contributed by atoms with Crippen LogP contribution in [0.3, 0.4) is 0 Å². The average molecular weight is 438 g/mol. The third-order valence-corrected chi connectivity index (χ3v) is 5.36. The molecule has 0 aliphatic heterocycles. The van der Waals surface area contributed by atoms with E-state index in [9.17, 15) is 4.79 Å². The van der Waals surface area contributed by atoms with E-state index in [1.165, 1.54) is 0 Å². The van der Waals surface area contributed by atoms with E-state index < -0.39 is 0 Å². The molecule has 1 amide bonds. The van der Waals surface area contributed by atoms with E-state index in [1.807, 2.05) is 47.4 Å². The zero-order chi connectivity index (χ0) is 23.3. The topological polar surface area (TPSA) is 56.6 Å². The van der Waals surface area contributed by atoms with Crippen molar-refractivity contribution in [2.75, 3.05) is 27.3 Å². The Balaban J connectivity index is 1.94. The second kappa shape index (κ2) is 10.5. The first-order valence-electron chi connectivity index (χ1n) is 11.2. The van der Waals surface area contributed by atoms with E-state index in [4.69, 9.17) is 14.5 Å². The molecule has 0 bridgehead atoms. The predicted octanol–water partition coefficient (Wildman–Crippen LogP) is 4.78. The molecule has 0 spiro atoms. The second-order valence-corrected chi connectivity index (χ2v) is 9.06. The van der Waals surface area contributed by atoms with Crippen LogP contribution in [0.4, 0.5) is 0 Å². The number of rotatable bonds is 10. The Morgan fingerprint density at radius 3 is 2.25 bits per heavy atom. The minimum Gasteiger partial charge on any atom is -0.493 e. The molecule has 172 valence electrons. The minimum absolute atomic E-state index is 0.129. The molecule has 0 saturated heterocycles. The van der Waals surface area contributed by atoms with Crippen molar-refractivity contribution < 1.29 is 14.3 Å². The van der Waals surface area contributed by atoms with Crippen LogP contribution in [0.15, 0.2) is 42.5 Å². The summed E-state index contributed by atoms with van der Waals surface area (Å²) in [5.41, 5.74) is 2.92. The highest BCUT2D eigenvalue weighted by molar-refractivity contribution is 5.81. The van der Waals surface area contributed by atoms with E-state index in [-0.39, 0.29) is 12.5 Å². The summed E-state index contributed by atoms with van der Waals surface area (Å²) in [6.45, 7) is 10.4. The van der Waals surface area contributed by atoms with Gasteiger partial charge in [0.15, 0.2) is 11.5 Å². The second-order valence-electron chi connectivity index (χ2n) is 9.06. The number of nitrogens with zero attached hydrogens (tertiary/aromatic N) is 3. The fourth-order valence-electron chi connectivity index (χ4n) is 4.00. The summed E-state index contributed by atoms with van der Waals surface area (Å²) in [4.78, 5) is 20.2. The standard InChI is InChI=1S/C26H35N3O3/c1-18(2)15-28(16-19(3)4)26(30)17-29-22-10-8-7-9-21(22)27-25(29)14-20-11-12-23(31-5)24(13-20)32-6/h7-13,18-19H,14-17H2,1-6H3. The van der Waals surface area contributed by atoms with Gasteiger partial charge in [0.2, 0.25) is 5.91 Å². The molecule has 0 aliphatic rings. The van der Waals surface area contributed by atoms with Crippen molar-refractivity contribution in [3.05, 3.63) is 53.9 Å². The van der Waals surface area contributed by atoms with Crippen molar-refractivity contribution >= 4 is 16.9 Å². The molecule has 6 heteroatoms. The lowest BCUT2D eigenvalue weighted by atomic mass is 10.1. The normalized spacial score (nSPS) is 11.4. The quantitative estimate of drug-likeness (QED) is 0.458. The number of benzene rings is 2. The molecule has 1 heterocycles. The first kappa shape index (κ1) is 23.6. The Morgan fingerprint density at radius 1 is 0.969 bits per heavy atom. The highest BCUT2D eigenvalue weighted by Gasteiger charge is 2.20. The van der Waals surface area contributed by atoms with Gasteiger partial charge in [0.05, 0.1) is 25.3 Å². The molecule has 0 fully saturated rings. The van der Waals surface area contributed by atoms with Crippen molar-refractivity contribution in [3.63, 3.8) is 0 Å². The van der Waals surface area contributed by atoms with Crippen LogP contribution in [-0.4, -0.2) is 47.7 Å². The molecule has 3 aromatic rings. The summed E-state index contributed by atoms with van der Waals surface area (Å²) < 4.78 is 12.9. The van der Waals surface area contributed by atoms with Crippen LogP contribution in [0.2, 0.25) is 0 Å². The van der Waals surface area contributed by atoms with Gasteiger partial charge >= 0.3 is 0 Å². The highest BCUT2D eigenvalue weighted by Crippen LogP contribution is 2.29.